The Balaban J connectivity index is 1.95. The lowest BCUT2D eigenvalue weighted by atomic mass is 10.3. The first-order chi connectivity index (χ1) is 8.15. The van der Waals surface area contributed by atoms with Gasteiger partial charge in [0.05, 0.1) is 18.3 Å². The number of carbonyl (C=O) groups excluding carboxylic acids is 1. The van der Waals surface area contributed by atoms with Crippen LogP contribution in [0.2, 0.25) is 0 Å². The van der Waals surface area contributed by atoms with Gasteiger partial charge in [-0.2, -0.15) is 0 Å². The molecule has 1 aliphatic heterocycles. The van der Waals surface area contributed by atoms with Crippen LogP contribution in [0.3, 0.4) is 0 Å². The van der Waals surface area contributed by atoms with Crippen LogP contribution in [0.1, 0.15) is 6.42 Å². The van der Waals surface area contributed by atoms with E-state index in [9.17, 15) is 9.18 Å². The fraction of sp³-hybridized carbons (Fsp3) is 0.364. The molecule has 2 rings (SSSR count). The van der Waals surface area contributed by atoms with Gasteiger partial charge in [0.25, 0.3) is 0 Å². The van der Waals surface area contributed by atoms with Crippen molar-refractivity contribution < 1.29 is 13.9 Å². The number of rotatable bonds is 2. The summed E-state index contributed by atoms with van der Waals surface area (Å²) in [6.45, 7) is 1.16. The third-order valence-electron chi connectivity index (χ3n) is 2.44. The van der Waals surface area contributed by atoms with Crippen molar-refractivity contribution in [1.82, 2.24) is 5.32 Å². The molecule has 1 aromatic carbocycles. The van der Waals surface area contributed by atoms with Crippen molar-refractivity contribution in [3.63, 3.8) is 0 Å². The van der Waals surface area contributed by atoms with E-state index in [0.717, 1.165) is 6.42 Å². The molecule has 17 heavy (non-hydrogen) atoms. The number of hydrogen-bond acceptors (Lipinski definition) is 2. The second-order valence-corrected chi connectivity index (χ2v) is 4.70. The zero-order valence-electron chi connectivity index (χ0n) is 9.00. The molecular formula is C11H12BrFN2O2. The second-order valence-electron chi connectivity index (χ2n) is 3.78. The predicted molar refractivity (Wildman–Crippen MR) is 65.5 cm³/mol. The van der Waals surface area contributed by atoms with E-state index in [4.69, 9.17) is 4.74 Å². The standard InChI is InChI=1S/C11H12BrFN2O2/c12-7-1-2-9(13)10(5-7)15-11(16)14-8-3-4-17-6-8/h1-2,5,8H,3-4,6H2,(H2,14,15,16). The van der Waals surface area contributed by atoms with E-state index in [1.165, 1.54) is 12.1 Å². The summed E-state index contributed by atoms with van der Waals surface area (Å²) in [5.74, 6) is -0.467. The fourth-order valence-electron chi connectivity index (χ4n) is 1.59. The van der Waals surface area contributed by atoms with E-state index < -0.39 is 11.8 Å². The van der Waals surface area contributed by atoms with Crippen molar-refractivity contribution >= 4 is 27.6 Å². The van der Waals surface area contributed by atoms with Gasteiger partial charge in [-0.3, -0.25) is 0 Å². The van der Waals surface area contributed by atoms with Crippen LogP contribution in [0.15, 0.2) is 22.7 Å². The Morgan fingerprint density at radius 2 is 2.35 bits per heavy atom. The van der Waals surface area contributed by atoms with E-state index in [1.807, 2.05) is 0 Å². The number of amides is 2. The lowest BCUT2D eigenvalue weighted by molar-refractivity contribution is 0.189. The second kappa shape index (κ2) is 5.46. The number of urea groups is 1. The molecule has 1 fully saturated rings. The summed E-state index contributed by atoms with van der Waals surface area (Å²) in [7, 11) is 0. The van der Waals surface area contributed by atoms with E-state index in [-0.39, 0.29) is 11.7 Å². The van der Waals surface area contributed by atoms with Crippen LogP contribution in [-0.2, 0) is 4.74 Å². The molecule has 1 atom stereocenters. The Kier molecular flexibility index (Phi) is 3.96. The van der Waals surface area contributed by atoms with Gasteiger partial charge in [-0.25, -0.2) is 9.18 Å². The van der Waals surface area contributed by atoms with E-state index in [1.54, 1.807) is 6.07 Å². The quantitative estimate of drug-likeness (QED) is 0.882. The lowest BCUT2D eigenvalue weighted by Gasteiger charge is -2.12. The van der Waals surface area contributed by atoms with Gasteiger partial charge in [-0.15, -0.1) is 0 Å². The van der Waals surface area contributed by atoms with Gasteiger partial charge in [0.2, 0.25) is 0 Å². The van der Waals surface area contributed by atoms with Gasteiger partial charge in [0, 0.05) is 11.1 Å². The minimum absolute atomic E-state index is 0.00483. The molecule has 1 heterocycles. The van der Waals surface area contributed by atoms with Gasteiger partial charge < -0.3 is 15.4 Å². The first-order valence-electron chi connectivity index (χ1n) is 5.25. The van der Waals surface area contributed by atoms with Crippen LogP contribution in [-0.4, -0.2) is 25.3 Å². The summed E-state index contributed by atoms with van der Waals surface area (Å²) >= 11 is 3.22. The van der Waals surface area contributed by atoms with Gasteiger partial charge >= 0.3 is 6.03 Å². The maximum Gasteiger partial charge on any atom is 0.319 e. The third kappa shape index (κ3) is 3.41. The molecular weight excluding hydrogens is 291 g/mol. The first kappa shape index (κ1) is 12.3. The maximum atomic E-state index is 13.4. The monoisotopic (exact) mass is 302 g/mol. The van der Waals surface area contributed by atoms with Crippen molar-refractivity contribution in [1.29, 1.82) is 0 Å². The molecule has 92 valence electrons. The Hall–Kier alpha value is -1.14. The first-order valence-corrected chi connectivity index (χ1v) is 6.05. The minimum atomic E-state index is -0.467. The number of carbonyl (C=O) groups is 1. The minimum Gasteiger partial charge on any atom is -0.379 e. The van der Waals surface area contributed by atoms with E-state index in [0.29, 0.717) is 17.7 Å². The average molecular weight is 303 g/mol. The number of anilines is 1. The van der Waals surface area contributed by atoms with Crippen LogP contribution >= 0.6 is 15.9 Å². The maximum absolute atomic E-state index is 13.4. The summed E-state index contributed by atoms with van der Waals surface area (Å²) in [6, 6.07) is 3.96. The van der Waals surface area contributed by atoms with Crippen LogP contribution in [0, 0.1) is 5.82 Å². The molecule has 2 N–H and O–H groups in total. The Morgan fingerprint density at radius 3 is 3.06 bits per heavy atom. The number of halogens is 2. The lowest BCUT2D eigenvalue weighted by Crippen LogP contribution is -2.38. The summed E-state index contributed by atoms with van der Waals surface area (Å²) in [5, 5.41) is 5.18. The fourth-order valence-corrected chi connectivity index (χ4v) is 1.95. The van der Waals surface area contributed by atoms with E-state index in [2.05, 4.69) is 26.6 Å². The number of ether oxygens (including phenoxy) is 1. The van der Waals surface area contributed by atoms with Crippen molar-refractivity contribution in [2.24, 2.45) is 0 Å². The highest BCUT2D eigenvalue weighted by Gasteiger charge is 2.18. The normalized spacial score (nSPS) is 19.1. The SMILES string of the molecule is O=C(Nc1cc(Br)ccc1F)NC1CCOC1. The average Bonchev–Trinajstić information content (AvgIpc) is 2.76. The topological polar surface area (TPSA) is 50.4 Å². The molecule has 1 unspecified atom stereocenters. The molecule has 0 bridgehead atoms. The molecule has 0 spiro atoms. The molecule has 2 amide bonds. The van der Waals surface area contributed by atoms with Gasteiger partial charge in [-0.05, 0) is 24.6 Å². The zero-order chi connectivity index (χ0) is 12.3. The van der Waals surface area contributed by atoms with E-state index >= 15 is 0 Å². The van der Waals surface area contributed by atoms with Crippen molar-refractivity contribution in [3.05, 3.63) is 28.5 Å². The highest BCUT2D eigenvalue weighted by Crippen LogP contribution is 2.19. The number of nitrogens with one attached hydrogen (secondary N) is 2. The van der Waals surface area contributed by atoms with Crippen LogP contribution < -0.4 is 10.6 Å². The van der Waals surface area contributed by atoms with Crippen LogP contribution in [0.5, 0.6) is 0 Å². The number of hydrogen-bond donors (Lipinski definition) is 2. The zero-order valence-corrected chi connectivity index (χ0v) is 10.6. The van der Waals surface area contributed by atoms with Gasteiger partial charge in [0.1, 0.15) is 5.82 Å². The molecule has 1 aromatic rings. The predicted octanol–water partition coefficient (Wildman–Crippen LogP) is 2.50. The molecule has 0 radical (unpaired) electrons. The Morgan fingerprint density at radius 1 is 1.53 bits per heavy atom. The highest BCUT2D eigenvalue weighted by molar-refractivity contribution is 9.10. The largest absolute Gasteiger partial charge is 0.379 e. The van der Waals surface area contributed by atoms with Gasteiger partial charge in [0.15, 0.2) is 0 Å². The molecule has 0 saturated carbocycles. The van der Waals surface area contributed by atoms with Crippen molar-refractivity contribution in [2.45, 2.75) is 12.5 Å². The third-order valence-corrected chi connectivity index (χ3v) is 2.93. The smallest absolute Gasteiger partial charge is 0.319 e. The van der Waals surface area contributed by atoms with Crippen LogP contribution in [0.4, 0.5) is 14.9 Å². The molecule has 1 saturated heterocycles. The summed E-state index contributed by atoms with van der Waals surface area (Å²) < 4.78 is 19.2. The Bertz CT molecular complexity index is 422. The van der Waals surface area contributed by atoms with Gasteiger partial charge in [-0.1, -0.05) is 15.9 Å². The highest BCUT2D eigenvalue weighted by atomic mass is 79.9. The molecule has 4 nitrogen and oxygen atoms in total. The van der Waals surface area contributed by atoms with Crippen molar-refractivity contribution in [2.75, 3.05) is 18.5 Å². The molecule has 0 aliphatic carbocycles. The summed E-state index contributed by atoms with van der Waals surface area (Å²) in [4.78, 5) is 11.6. The van der Waals surface area contributed by atoms with Crippen LogP contribution in [0.25, 0.3) is 0 Å². The van der Waals surface area contributed by atoms with Crippen molar-refractivity contribution in [3.8, 4) is 0 Å². The molecule has 6 heteroatoms. The summed E-state index contributed by atoms with van der Waals surface area (Å²) in [5.41, 5.74) is 0.149. The molecule has 1 aliphatic rings. The molecule has 0 aromatic heterocycles. The Labute approximate surface area is 107 Å². The number of benzene rings is 1. The summed E-state index contributed by atoms with van der Waals surface area (Å²) in [6.07, 6.45) is 0.786.